The predicted molar refractivity (Wildman–Crippen MR) is 111 cm³/mol. The second-order valence-corrected chi connectivity index (χ2v) is 8.18. The van der Waals surface area contributed by atoms with Gasteiger partial charge in [0.25, 0.3) is 0 Å². The first-order chi connectivity index (χ1) is 14.8. The van der Waals surface area contributed by atoms with Crippen LogP contribution in [0.15, 0.2) is 29.6 Å². The van der Waals surface area contributed by atoms with Crippen LogP contribution in [0.2, 0.25) is 0 Å². The summed E-state index contributed by atoms with van der Waals surface area (Å²) in [5.74, 6) is -0.544. The van der Waals surface area contributed by atoms with E-state index in [2.05, 4.69) is 10.3 Å². The molecule has 0 bridgehead atoms. The van der Waals surface area contributed by atoms with Crippen LogP contribution in [-0.2, 0) is 17.5 Å². The number of hydrogen-bond acceptors (Lipinski definition) is 5. The summed E-state index contributed by atoms with van der Waals surface area (Å²) >= 11 is 1.21. The second kappa shape index (κ2) is 10.1. The standard InChI is InChI=1S/C21H24F3N3O3S/c1-2-30-19(28)17-13-31-18(25-17)12-27(14-8-4-3-5-9-14)20(29)26-16-11-7-6-10-15(16)21(22,23)24/h6-7,10-11,13-14H,2-5,8-9,12H2,1H3,(H,26,29). The van der Waals surface area contributed by atoms with E-state index in [9.17, 15) is 22.8 Å². The molecule has 1 aromatic carbocycles. The molecule has 0 spiro atoms. The largest absolute Gasteiger partial charge is 0.461 e. The van der Waals surface area contributed by atoms with Gasteiger partial charge in [0.15, 0.2) is 5.69 Å². The molecule has 0 saturated heterocycles. The Hall–Kier alpha value is -2.62. The molecule has 168 valence electrons. The van der Waals surface area contributed by atoms with Crippen molar-refractivity contribution in [2.45, 2.75) is 57.8 Å². The zero-order valence-electron chi connectivity index (χ0n) is 17.1. The minimum Gasteiger partial charge on any atom is -0.461 e. The number of thiazole rings is 1. The summed E-state index contributed by atoms with van der Waals surface area (Å²) in [7, 11) is 0. The molecule has 3 rings (SSSR count). The van der Waals surface area contributed by atoms with Crippen molar-refractivity contribution < 1.29 is 27.5 Å². The van der Waals surface area contributed by atoms with Crippen LogP contribution >= 0.6 is 11.3 Å². The summed E-state index contributed by atoms with van der Waals surface area (Å²) in [6.07, 6.45) is -0.0928. The van der Waals surface area contributed by atoms with Crippen LogP contribution < -0.4 is 5.32 Å². The lowest BCUT2D eigenvalue weighted by Crippen LogP contribution is -2.43. The lowest BCUT2D eigenvalue weighted by atomic mass is 9.94. The van der Waals surface area contributed by atoms with Gasteiger partial charge in [-0.15, -0.1) is 11.3 Å². The van der Waals surface area contributed by atoms with Crippen molar-refractivity contribution in [2.75, 3.05) is 11.9 Å². The molecular weight excluding hydrogens is 431 g/mol. The molecule has 1 aliphatic rings. The summed E-state index contributed by atoms with van der Waals surface area (Å²) in [6, 6.07) is 4.18. The van der Waals surface area contributed by atoms with Crippen molar-refractivity contribution >= 4 is 29.0 Å². The number of nitrogens with zero attached hydrogens (tertiary/aromatic N) is 2. The quantitative estimate of drug-likeness (QED) is 0.567. The molecule has 0 unspecified atom stereocenters. The van der Waals surface area contributed by atoms with E-state index in [1.165, 1.54) is 34.4 Å². The number of esters is 1. The van der Waals surface area contributed by atoms with Gasteiger partial charge in [0.05, 0.1) is 24.4 Å². The van der Waals surface area contributed by atoms with Gasteiger partial charge in [-0.1, -0.05) is 31.4 Å². The number of anilines is 1. The number of ether oxygens (including phenoxy) is 1. The predicted octanol–water partition coefficient (Wildman–Crippen LogP) is 5.71. The molecule has 2 aromatic rings. The maximum atomic E-state index is 13.3. The van der Waals surface area contributed by atoms with E-state index in [0.717, 1.165) is 38.2 Å². The van der Waals surface area contributed by atoms with E-state index in [4.69, 9.17) is 4.74 Å². The number of nitrogens with one attached hydrogen (secondary N) is 1. The fourth-order valence-electron chi connectivity index (χ4n) is 3.61. The van der Waals surface area contributed by atoms with Crippen molar-refractivity contribution in [1.82, 2.24) is 9.88 Å². The van der Waals surface area contributed by atoms with Crippen molar-refractivity contribution in [3.05, 3.63) is 45.9 Å². The number of alkyl halides is 3. The first-order valence-electron chi connectivity index (χ1n) is 10.1. The number of hydrogen-bond donors (Lipinski definition) is 1. The molecule has 1 aromatic heterocycles. The molecular formula is C21H24F3N3O3S. The Morgan fingerprint density at radius 3 is 2.61 bits per heavy atom. The normalized spacial score (nSPS) is 14.8. The van der Waals surface area contributed by atoms with Crippen LogP contribution in [0.1, 0.15) is 60.1 Å². The van der Waals surface area contributed by atoms with Gasteiger partial charge >= 0.3 is 18.2 Å². The molecule has 1 aliphatic carbocycles. The summed E-state index contributed by atoms with van der Waals surface area (Å²) in [4.78, 5) is 30.7. The van der Waals surface area contributed by atoms with E-state index >= 15 is 0 Å². The van der Waals surface area contributed by atoms with Crippen LogP contribution in [-0.4, -0.2) is 34.5 Å². The van der Waals surface area contributed by atoms with Crippen molar-refractivity contribution in [3.63, 3.8) is 0 Å². The molecule has 0 aliphatic heterocycles. The van der Waals surface area contributed by atoms with Crippen molar-refractivity contribution in [1.29, 1.82) is 0 Å². The number of benzene rings is 1. The molecule has 10 heteroatoms. The molecule has 0 atom stereocenters. The van der Waals surface area contributed by atoms with Gasteiger partial charge in [-0.3, -0.25) is 0 Å². The van der Waals surface area contributed by atoms with Crippen molar-refractivity contribution in [2.24, 2.45) is 0 Å². The highest BCUT2D eigenvalue weighted by Crippen LogP contribution is 2.35. The summed E-state index contributed by atoms with van der Waals surface area (Å²) < 4.78 is 44.9. The number of rotatable bonds is 6. The molecule has 1 saturated carbocycles. The van der Waals surface area contributed by atoms with E-state index < -0.39 is 23.7 Å². The third-order valence-electron chi connectivity index (χ3n) is 5.09. The monoisotopic (exact) mass is 455 g/mol. The van der Waals surface area contributed by atoms with Crippen LogP contribution in [0.25, 0.3) is 0 Å². The Morgan fingerprint density at radius 2 is 1.94 bits per heavy atom. The van der Waals surface area contributed by atoms with Gasteiger partial charge in [-0.05, 0) is 31.9 Å². The summed E-state index contributed by atoms with van der Waals surface area (Å²) in [6.45, 7) is 2.02. The SMILES string of the molecule is CCOC(=O)c1csc(CN(C(=O)Nc2ccccc2C(F)(F)F)C2CCCCC2)n1. The average molecular weight is 456 g/mol. The molecule has 31 heavy (non-hydrogen) atoms. The number of carbonyl (C=O) groups is 2. The Balaban J connectivity index is 1.81. The van der Waals surface area contributed by atoms with Crippen LogP contribution in [0.5, 0.6) is 0 Å². The third kappa shape index (κ3) is 5.96. The Morgan fingerprint density at radius 1 is 1.23 bits per heavy atom. The number of aromatic nitrogens is 1. The van der Waals surface area contributed by atoms with Gasteiger partial charge in [0.1, 0.15) is 5.01 Å². The average Bonchev–Trinajstić information content (AvgIpc) is 3.21. The zero-order chi connectivity index (χ0) is 22.4. The molecule has 2 amide bonds. The van der Waals surface area contributed by atoms with Gasteiger partial charge in [0, 0.05) is 11.4 Å². The molecule has 6 nitrogen and oxygen atoms in total. The Labute approximate surface area is 182 Å². The first-order valence-corrected chi connectivity index (χ1v) is 11.0. The topological polar surface area (TPSA) is 71.5 Å². The lowest BCUT2D eigenvalue weighted by Gasteiger charge is -2.34. The smallest absolute Gasteiger partial charge is 0.418 e. The fourth-order valence-corrected chi connectivity index (χ4v) is 4.38. The van der Waals surface area contributed by atoms with E-state index in [1.807, 2.05) is 0 Å². The van der Waals surface area contributed by atoms with Crippen LogP contribution in [0.4, 0.5) is 23.7 Å². The molecule has 1 N–H and O–H groups in total. The maximum Gasteiger partial charge on any atom is 0.418 e. The first kappa shape index (κ1) is 23.1. The minimum absolute atomic E-state index is 0.106. The number of amides is 2. The highest BCUT2D eigenvalue weighted by molar-refractivity contribution is 7.09. The Bertz CT molecular complexity index is 911. The van der Waals surface area contributed by atoms with Crippen molar-refractivity contribution in [3.8, 4) is 0 Å². The van der Waals surface area contributed by atoms with E-state index in [1.54, 1.807) is 12.3 Å². The van der Waals surface area contributed by atoms with Gasteiger partial charge in [0.2, 0.25) is 0 Å². The van der Waals surface area contributed by atoms with Crippen LogP contribution in [0, 0.1) is 0 Å². The zero-order valence-corrected chi connectivity index (χ0v) is 17.9. The van der Waals surface area contributed by atoms with Crippen LogP contribution in [0.3, 0.4) is 0 Å². The van der Waals surface area contributed by atoms with E-state index in [0.29, 0.717) is 5.01 Å². The van der Waals surface area contributed by atoms with Gasteiger partial charge in [-0.2, -0.15) is 13.2 Å². The van der Waals surface area contributed by atoms with E-state index in [-0.39, 0.29) is 30.6 Å². The molecule has 1 fully saturated rings. The molecule has 0 radical (unpaired) electrons. The Kier molecular flexibility index (Phi) is 7.53. The number of carbonyl (C=O) groups excluding carboxylic acids is 2. The highest BCUT2D eigenvalue weighted by atomic mass is 32.1. The lowest BCUT2D eigenvalue weighted by molar-refractivity contribution is -0.136. The third-order valence-corrected chi connectivity index (χ3v) is 5.93. The number of para-hydroxylation sites is 1. The second-order valence-electron chi connectivity index (χ2n) is 7.24. The maximum absolute atomic E-state index is 13.3. The van der Waals surface area contributed by atoms with Gasteiger partial charge < -0.3 is 15.0 Å². The summed E-state index contributed by atoms with van der Waals surface area (Å²) in [5.41, 5.74) is -1.02. The molecule has 1 heterocycles. The number of urea groups is 1. The minimum atomic E-state index is -4.58. The fraction of sp³-hybridized carbons (Fsp3) is 0.476. The van der Waals surface area contributed by atoms with Gasteiger partial charge in [-0.25, -0.2) is 14.6 Å². The number of halogens is 3. The summed E-state index contributed by atoms with van der Waals surface area (Å²) in [5, 5.41) is 4.52. The highest BCUT2D eigenvalue weighted by Gasteiger charge is 2.34.